The van der Waals surface area contributed by atoms with Crippen LogP contribution in [-0.2, 0) is 23.0 Å². The second-order valence-corrected chi connectivity index (χ2v) is 11.6. The highest BCUT2D eigenvalue weighted by Gasteiger charge is 2.49. The summed E-state index contributed by atoms with van der Waals surface area (Å²) >= 11 is 17.3. The number of pyridine rings is 1. The third kappa shape index (κ3) is 4.53. The lowest BCUT2D eigenvalue weighted by Crippen LogP contribution is -2.55. The van der Waals surface area contributed by atoms with Crippen molar-refractivity contribution in [1.82, 2.24) is 9.88 Å². The average molecular weight is 520 g/mol. The number of likely N-dealkylation sites (tertiary alicyclic amines) is 1. The number of carbonyl (C=O) groups is 1. The Labute approximate surface area is 213 Å². The molecule has 0 radical (unpaired) electrons. The molecule has 0 bridgehead atoms. The molecule has 1 saturated heterocycles. The van der Waals surface area contributed by atoms with E-state index in [1.807, 2.05) is 24.3 Å². The number of hydrogen-bond donors (Lipinski definition) is 0. The quantitative estimate of drug-likeness (QED) is 0.392. The van der Waals surface area contributed by atoms with Crippen LogP contribution in [-0.4, -0.2) is 46.6 Å². The van der Waals surface area contributed by atoms with Gasteiger partial charge in [-0.2, -0.15) is 0 Å². The van der Waals surface area contributed by atoms with E-state index < -0.39 is 9.89 Å². The number of nitrogens with zero attached hydrogens (tertiary/aromatic N) is 2. The zero-order chi connectivity index (χ0) is 23.9. The average Bonchev–Trinajstić information content (AvgIpc) is 2.83. The minimum absolute atomic E-state index is 0.164. The number of benzene rings is 2. The summed E-state index contributed by atoms with van der Waals surface area (Å²) in [5, 5.41) is 1.13. The first-order chi connectivity index (χ1) is 16.3. The van der Waals surface area contributed by atoms with E-state index in [9.17, 15) is 4.79 Å². The smallest absolute Gasteiger partial charge is 0.409 e. The van der Waals surface area contributed by atoms with Crippen LogP contribution in [0.1, 0.15) is 23.2 Å². The number of rotatable bonds is 3. The summed E-state index contributed by atoms with van der Waals surface area (Å²) in [6.45, 7) is 0.828. The Kier molecular flexibility index (Phi) is 6.30. The van der Waals surface area contributed by atoms with Gasteiger partial charge in [-0.25, -0.2) is 4.79 Å². The summed E-state index contributed by atoms with van der Waals surface area (Å²) in [7, 11) is 1.68. The van der Waals surface area contributed by atoms with Gasteiger partial charge in [-0.1, -0.05) is 65.1 Å². The third-order valence-electron chi connectivity index (χ3n) is 7.15. The van der Waals surface area contributed by atoms with Crippen LogP contribution in [0.3, 0.4) is 0 Å². The van der Waals surface area contributed by atoms with Gasteiger partial charge in [0.05, 0.1) is 12.6 Å². The topological polar surface area (TPSA) is 51.7 Å². The first-order valence-corrected chi connectivity index (χ1v) is 12.4. The van der Waals surface area contributed by atoms with Crippen molar-refractivity contribution in [3.05, 3.63) is 71.4 Å². The van der Waals surface area contributed by atoms with E-state index in [-0.39, 0.29) is 17.9 Å². The van der Waals surface area contributed by atoms with Gasteiger partial charge in [0.25, 0.3) is 0 Å². The molecule has 5 rings (SSSR count). The molecule has 0 saturated carbocycles. The Hall–Kier alpha value is -2.21. The molecule has 1 aromatic heterocycles. The number of para-hydroxylation sites is 1. The Balaban J connectivity index is 1.51. The third-order valence-corrected chi connectivity index (χ3v) is 7.48. The van der Waals surface area contributed by atoms with E-state index in [4.69, 9.17) is 49.3 Å². The van der Waals surface area contributed by atoms with Crippen LogP contribution < -0.4 is 4.74 Å². The summed E-state index contributed by atoms with van der Waals surface area (Å²) < 4.78 is 9.19. The molecule has 2 aromatic carbocycles. The van der Waals surface area contributed by atoms with Crippen LogP contribution in [0.5, 0.6) is 5.75 Å². The van der Waals surface area contributed by atoms with Crippen LogP contribution >= 0.6 is 34.8 Å². The molecule has 1 amide bonds. The number of amides is 1. The van der Waals surface area contributed by atoms with Gasteiger partial charge >= 0.3 is 6.09 Å². The molecule has 178 valence electrons. The first-order valence-electron chi connectivity index (χ1n) is 11.3. The molecule has 1 aliphatic heterocycles. The Morgan fingerprint density at radius 2 is 2.00 bits per heavy atom. The van der Waals surface area contributed by atoms with Crippen LogP contribution in [0, 0.1) is 5.92 Å². The van der Waals surface area contributed by atoms with Crippen molar-refractivity contribution < 1.29 is 14.3 Å². The van der Waals surface area contributed by atoms with Crippen molar-refractivity contribution in [2.24, 2.45) is 5.92 Å². The SMILES string of the molecule is COc1cccc([C@]23CCN(C(=O)OCC(Cl)(Cl)Cl)C[C@@H]2Cc2cc4ccccc4nc2C3)c1. The number of aromatic nitrogens is 1. The number of fused-ring (bicyclic) bond motifs is 3. The molecule has 34 heavy (non-hydrogen) atoms. The molecule has 8 heteroatoms. The summed E-state index contributed by atoms with van der Waals surface area (Å²) in [5.74, 6) is 1.01. The minimum Gasteiger partial charge on any atom is -0.497 e. The molecule has 0 unspecified atom stereocenters. The van der Waals surface area contributed by atoms with Crippen molar-refractivity contribution in [1.29, 1.82) is 0 Å². The molecule has 2 atom stereocenters. The second kappa shape index (κ2) is 9.10. The Morgan fingerprint density at radius 3 is 2.79 bits per heavy atom. The predicted molar refractivity (Wildman–Crippen MR) is 135 cm³/mol. The highest BCUT2D eigenvalue weighted by atomic mass is 35.6. The van der Waals surface area contributed by atoms with Gasteiger partial charge < -0.3 is 14.4 Å². The number of carbonyl (C=O) groups excluding carboxylic acids is 1. The highest BCUT2D eigenvalue weighted by Crippen LogP contribution is 2.48. The van der Waals surface area contributed by atoms with Crippen molar-refractivity contribution in [3.63, 3.8) is 0 Å². The summed E-state index contributed by atoms with van der Waals surface area (Å²) in [4.78, 5) is 19.6. The van der Waals surface area contributed by atoms with Crippen LogP contribution in [0.2, 0.25) is 0 Å². The predicted octanol–water partition coefficient (Wildman–Crippen LogP) is 6.11. The number of alkyl halides is 3. The number of hydrogen-bond acceptors (Lipinski definition) is 4. The van der Waals surface area contributed by atoms with Gasteiger partial charge in [0.2, 0.25) is 3.79 Å². The minimum atomic E-state index is -1.63. The van der Waals surface area contributed by atoms with Crippen LogP contribution in [0.4, 0.5) is 4.79 Å². The van der Waals surface area contributed by atoms with E-state index in [0.717, 1.165) is 41.6 Å². The lowest BCUT2D eigenvalue weighted by molar-refractivity contribution is 0.0536. The summed E-state index contributed by atoms with van der Waals surface area (Å²) in [6, 6.07) is 18.7. The van der Waals surface area contributed by atoms with E-state index in [2.05, 4.69) is 30.3 Å². The largest absolute Gasteiger partial charge is 0.497 e. The maximum Gasteiger partial charge on any atom is 0.409 e. The van der Waals surface area contributed by atoms with Crippen molar-refractivity contribution in [2.45, 2.75) is 28.5 Å². The number of halogens is 3. The fourth-order valence-electron chi connectivity index (χ4n) is 5.47. The van der Waals surface area contributed by atoms with Gasteiger partial charge in [-0.15, -0.1) is 0 Å². The monoisotopic (exact) mass is 518 g/mol. The summed E-state index contributed by atoms with van der Waals surface area (Å²) in [6.07, 6.45) is 1.95. The molecule has 0 N–H and O–H groups in total. The Morgan fingerprint density at radius 1 is 1.18 bits per heavy atom. The van der Waals surface area contributed by atoms with Gasteiger partial charge in [-0.3, -0.25) is 4.98 Å². The molecule has 3 aromatic rings. The Bertz CT molecular complexity index is 1230. The van der Waals surface area contributed by atoms with E-state index in [1.54, 1.807) is 12.0 Å². The van der Waals surface area contributed by atoms with Gasteiger partial charge in [0.15, 0.2) is 0 Å². The molecule has 0 spiro atoms. The van der Waals surface area contributed by atoms with Crippen molar-refractivity contribution >= 4 is 51.8 Å². The maximum atomic E-state index is 12.8. The van der Waals surface area contributed by atoms with E-state index >= 15 is 0 Å². The fraction of sp³-hybridized carbons (Fsp3) is 0.385. The second-order valence-electron chi connectivity index (χ2n) is 9.12. The lowest BCUT2D eigenvalue weighted by atomic mass is 9.58. The normalized spacial score (nSPS) is 22.1. The van der Waals surface area contributed by atoms with Gasteiger partial charge in [-0.05, 0) is 54.2 Å². The standard InChI is InChI=1S/C26H25Cl3N2O3/c1-33-21-7-4-6-19(13-21)25-9-10-31(24(32)34-16-26(27,28)29)15-20(25)12-18-11-17-5-2-3-8-22(17)30-23(18)14-25/h2-8,11,13,20H,9-10,12,14-16H2,1H3/t20-,25+/m0/s1. The first kappa shape index (κ1) is 23.5. The number of methoxy groups -OCH3 is 1. The van der Waals surface area contributed by atoms with Gasteiger partial charge in [0.1, 0.15) is 12.4 Å². The highest BCUT2D eigenvalue weighted by molar-refractivity contribution is 6.67. The maximum absolute atomic E-state index is 12.8. The molecule has 1 aliphatic carbocycles. The molecular formula is C26H25Cl3N2O3. The number of ether oxygens (including phenoxy) is 2. The zero-order valence-corrected chi connectivity index (χ0v) is 21.0. The molecule has 2 aliphatic rings. The van der Waals surface area contributed by atoms with E-state index in [1.165, 1.54) is 11.1 Å². The zero-order valence-electron chi connectivity index (χ0n) is 18.8. The lowest BCUT2D eigenvalue weighted by Gasteiger charge is -2.51. The van der Waals surface area contributed by atoms with Crippen molar-refractivity contribution in [3.8, 4) is 5.75 Å². The molecule has 2 heterocycles. The molecular weight excluding hydrogens is 495 g/mol. The van der Waals surface area contributed by atoms with Crippen LogP contribution in [0.15, 0.2) is 54.6 Å². The fourth-order valence-corrected chi connectivity index (χ4v) is 5.64. The summed E-state index contributed by atoms with van der Waals surface area (Å²) in [5.41, 5.74) is 4.42. The van der Waals surface area contributed by atoms with Gasteiger partial charge in [0, 0.05) is 36.0 Å². The van der Waals surface area contributed by atoms with Crippen LogP contribution in [0.25, 0.3) is 10.9 Å². The number of piperidine rings is 1. The molecule has 5 nitrogen and oxygen atoms in total. The van der Waals surface area contributed by atoms with Crippen molar-refractivity contribution in [2.75, 3.05) is 26.8 Å². The molecule has 1 fully saturated rings. The van der Waals surface area contributed by atoms with E-state index in [0.29, 0.717) is 13.1 Å².